The van der Waals surface area contributed by atoms with Gasteiger partial charge in [0.1, 0.15) is 35.1 Å². The molecule has 2 aromatic heterocycles. The minimum absolute atomic E-state index is 0.251. The van der Waals surface area contributed by atoms with E-state index in [2.05, 4.69) is 22.7 Å². The Labute approximate surface area is 138 Å². The maximum atomic E-state index is 10.6. The van der Waals surface area contributed by atoms with Crippen LogP contribution in [0.4, 0.5) is 5.82 Å². The molecule has 1 aliphatic rings. The third kappa shape index (κ3) is 1.89. The van der Waals surface area contributed by atoms with E-state index in [1.807, 2.05) is 0 Å². The second-order valence-electron chi connectivity index (χ2n) is 6.08. The number of aliphatic hydroxyl groups is 2. The van der Waals surface area contributed by atoms with Crippen LogP contribution in [-0.4, -0.2) is 43.6 Å². The van der Waals surface area contributed by atoms with E-state index in [0.717, 1.165) is 0 Å². The summed E-state index contributed by atoms with van der Waals surface area (Å²) in [7, 11) is 0. The van der Waals surface area contributed by atoms with Gasteiger partial charge in [-0.2, -0.15) is 10.4 Å². The minimum Gasteiger partial charge on any atom is -0.394 e. The predicted octanol–water partition coefficient (Wildman–Crippen LogP) is 0.365. The molecular weight excluding hydrogens is 310 g/mol. The maximum Gasteiger partial charge on any atom is 0.151 e. The van der Waals surface area contributed by atoms with Gasteiger partial charge in [-0.25, -0.2) is 9.50 Å². The standard InChI is InChI=1S/C16H19N5O3/c1-3-6-16(15(2,8-17)13(23)11(7-22)24-16)12-5-4-10-14(18)19-9-20-21(10)12/h3-5,9,11,13,22-23H,1,6-7H2,2H3,(H2,18,19,20)/t11-,13-,15-,16+/m1/s1. The number of hydrogen-bond acceptors (Lipinski definition) is 7. The average Bonchev–Trinajstić information content (AvgIpc) is 3.10. The summed E-state index contributed by atoms with van der Waals surface area (Å²) in [5.74, 6) is 0.293. The van der Waals surface area contributed by atoms with Crippen molar-refractivity contribution in [2.45, 2.75) is 31.2 Å². The van der Waals surface area contributed by atoms with Crippen molar-refractivity contribution < 1.29 is 14.9 Å². The van der Waals surface area contributed by atoms with E-state index < -0.39 is 29.8 Å². The Bertz CT molecular complexity index is 829. The quantitative estimate of drug-likeness (QED) is 0.691. The summed E-state index contributed by atoms with van der Waals surface area (Å²) in [4.78, 5) is 3.95. The van der Waals surface area contributed by atoms with Crippen molar-refractivity contribution in [2.24, 2.45) is 5.41 Å². The summed E-state index contributed by atoms with van der Waals surface area (Å²) in [5, 5.41) is 34.2. The number of rotatable bonds is 4. The second kappa shape index (κ2) is 5.56. The van der Waals surface area contributed by atoms with Crippen molar-refractivity contribution in [1.29, 1.82) is 5.26 Å². The van der Waals surface area contributed by atoms with Crippen LogP contribution in [-0.2, 0) is 10.3 Å². The molecule has 2 aromatic rings. The number of nitrogens with zero attached hydrogens (tertiary/aromatic N) is 4. The Morgan fingerprint density at radius 2 is 2.33 bits per heavy atom. The molecule has 0 spiro atoms. The highest BCUT2D eigenvalue weighted by Crippen LogP contribution is 2.55. The number of hydrogen-bond donors (Lipinski definition) is 3. The molecule has 3 heterocycles. The number of anilines is 1. The van der Waals surface area contributed by atoms with Gasteiger partial charge in [-0.1, -0.05) is 6.08 Å². The number of ether oxygens (including phenoxy) is 1. The highest BCUT2D eigenvalue weighted by molar-refractivity contribution is 5.66. The summed E-state index contributed by atoms with van der Waals surface area (Å²) in [6.07, 6.45) is 1.12. The van der Waals surface area contributed by atoms with Gasteiger partial charge in [-0.15, -0.1) is 6.58 Å². The molecule has 24 heavy (non-hydrogen) atoms. The van der Waals surface area contributed by atoms with Crippen LogP contribution in [0.3, 0.4) is 0 Å². The lowest BCUT2D eigenvalue weighted by atomic mass is 9.68. The fourth-order valence-electron chi connectivity index (χ4n) is 3.50. The number of nitriles is 1. The highest BCUT2D eigenvalue weighted by atomic mass is 16.5. The normalized spacial score (nSPS) is 32.8. The first-order valence-electron chi connectivity index (χ1n) is 7.52. The lowest BCUT2D eigenvalue weighted by molar-refractivity contribution is -0.0917. The molecule has 126 valence electrons. The fraction of sp³-hybridized carbons (Fsp3) is 0.438. The van der Waals surface area contributed by atoms with E-state index in [4.69, 9.17) is 10.5 Å². The number of fused-ring (bicyclic) bond motifs is 1. The van der Waals surface area contributed by atoms with Crippen molar-refractivity contribution >= 4 is 11.3 Å². The van der Waals surface area contributed by atoms with Crippen molar-refractivity contribution in [3.63, 3.8) is 0 Å². The van der Waals surface area contributed by atoms with Crippen molar-refractivity contribution in [3.8, 4) is 6.07 Å². The molecule has 0 aliphatic carbocycles. The van der Waals surface area contributed by atoms with Crippen LogP contribution in [0.5, 0.6) is 0 Å². The first-order valence-corrected chi connectivity index (χ1v) is 7.52. The first-order chi connectivity index (χ1) is 11.4. The molecule has 3 rings (SSSR count). The van der Waals surface area contributed by atoms with Gasteiger partial charge in [0.15, 0.2) is 5.82 Å². The van der Waals surface area contributed by atoms with Crippen LogP contribution >= 0.6 is 0 Å². The number of aliphatic hydroxyl groups excluding tert-OH is 2. The van der Waals surface area contributed by atoms with Crippen LogP contribution in [0.25, 0.3) is 5.52 Å². The highest BCUT2D eigenvalue weighted by Gasteiger charge is 2.64. The summed E-state index contributed by atoms with van der Waals surface area (Å²) in [5.41, 5.74) is 4.45. The second-order valence-corrected chi connectivity index (χ2v) is 6.08. The molecule has 0 unspecified atom stereocenters. The third-order valence-corrected chi connectivity index (χ3v) is 4.87. The maximum absolute atomic E-state index is 10.6. The largest absolute Gasteiger partial charge is 0.394 e. The molecule has 8 nitrogen and oxygen atoms in total. The van der Waals surface area contributed by atoms with E-state index >= 15 is 0 Å². The number of nitrogens with two attached hydrogens (primary N) is 1. The molecule has 1 fully saturated rings. The van der Waals surface area contributed by atoms with Crippen LogP contribution < -0.4 is 5.73 Å². The zero-order valence-corrected chi connectivity index (χ0v) is 13.3. The van der Waals surface area contributed by atoms with E-state index in [9.17, 15) is 15.5 Å². The Morgan fingerprint density at radius 3 is 2.96 bits per heavy atom. The zero-order valence-electron chi connectivity index (χ0n) is 13.3. The topological polar surface area (TPSA) is 130 Å². The van der Waals surface area contributed by atoms with Crippen molar-refractivity contribution in [2.75, 3.05) is 12.3 Å². The van der Waals surface area contributed by atoms with Gasteiger partial charge in [-0.05, 0) is 19.1 Å². The van der Waals surface area contributed by atoms with Gasteiger partial charge in [0.2, 0.25) is 0 Å². The molecule has 0 amide bonds. The molecule has 0 radical (unpaired) electrons. The predicted molar refractivity (Wildman–Crippen MR) is 85.6 cm³/mol. The minimum atomic E-state index is -1.32. The van der Waals surface area contributed by atoms with Gasteiger partial charge in [-0.3, -0.25) is 0 Å². The molecule has 4 N–H and O–H groups in total. The Hall–Kier alpha value is -2.47. The van der Waals surface area contributed by atoms with E-state index in [1.165, 1.54) is 6.33 Å². The number of aromatic nitrogens is 3. The SMILES string of the molecule is C=CC[C@@]1(c2ccc3c(N)ncnn23)O[C@H](CO)[C@@H](O)[C@@]1(C)C#N. The van der Waals surface area contributed by atoms with Gasteiger partial charge in [0.05, 0.1) is 18.4 Å². The van der Waals surface area contributed by atoms with Crippen LogP contribution in [0.15, 0.2) is 31.1 Å². The lowest BCUT2D eigenvalue weighted by Gasteiger charge is -2.37. The van der Waals surface area contributed by atoms with E-state index in [1.54, 1.807) is 29.6 Å². The summed E-state index contributed by atoms with van der Waals surface area (Å²) >= 11 is 0. The average molecular weight is 329 g/mol. The third-order valence-electron chi connectivity index (χ3n) is 4.87. The molecule has 0 aromatic carbocycles. The molecule has 0 saturated carbocycles. The molecule has 0 bridgehead atoms. The molecule has 4 atom stereocenters. The number of nitrogen functional groups attached to an aromatic ring is 1. The Kier molecular flexibility index (Phi) is 3.80. The molecule has 8 heteroatoms. The lowest BCUT2D eigenvalue weighted by Crippen LogP contribution is -2.45. The first kappa shape index (κ1) is 16.4. The molecule has 1 aliphatic heterocycles. The van der Waals surface area contributed by atoms with Crippen LogP contribution in [0, 0.1) is 16.7 Å². The summed E-state index contributed by atoms with van der Waals surface area (Å²) < 4.78 is 7.58. The monoisotopic (exact) mass is 329 g/mol. The van der Waals surface area contributed by atoms with Gasteiger partial charge >= 0.3 is 0 Å². The molecular formula is C16H19N5O3. The van der Waals surface area contributed by atoms with Crippen molar-refractivity contribution in [3.05, 3.63) is 36.8 Å². The zero-order chi connectivity index (χ0) is 17.5. The smallest absolute Gasteiger partial charge is 0.151 e. The van der Waals surface area contributed by atoms with Gasteiger partial charge in [0.25, 0.3) is 0 Å². The van der Waals surface area contributed by atoms with Gasteiger partial charge in [0, 0.05) is 6.42 Å². The van der Waals surface area contributed by atoms with Crippen LogP contribution in [0.2, 0.25) is 0 Å². The van der Waals surface area contributed by atoms with Gasteiger partial charge < -0.3 is 20.7 Å². The molecule has 1 saturated heterocycles. The summed E-state index contributed by atoms with van der Waals surface area (Å²) in [6.45, 7) is 4.96. The Balaban J connectivity index is 2.31. The van der Waals surface area contributed by atoms with E-state index in [0.29, 0.717) is 17.0 Å². The summed E-state index contributed by atoms with van der Waals surface area (Å²) in [6, 6.07) is 5.65. The Morgan fingerprint density at radius 1 is 1.58 bits per heavy atom. The van der Waals surface area contributed by atoms with Crippen molar-refractivity contribution in [1.82, 2.24) is 14.6 Å². The van der Waals surface area contributed by atoms with E-state index in [-0.39, 0.29) is 6.42 Å². The van der Waals surface area contributed by atoms with Crippen LogP contribution in [0.1, 0.15) is 19.0 Å². The fourth-order valence-corrected chi connectivity index (χ4v) is 3.50.